The van der Waals surface area contributed by atoms with Crippen LogP contribution in [0.5, 0.6) is 0 Å². The van der Waals surface area contributed by atoms with Crippen molar-refractivity contribution in [1.82, 2.24) is 0 Å². The van der Waals surface area contributed by atoms with E-state index >= 15 is 0 Å². The van der Waals surface area contributed by atoms with Gasteiger partial charge in [-0.25, -0.2) is 0 Å². The Hall–Kier alpha value is 0.180. The Morgan fingerprint density at radius 2 is 1.92 bits per heavy atom. The minimum atomic E-state index is 0.187. The van der Waals surface area contributed by atoms with Crippen LogP contribution in [0.15, 0.2) is 24.3 Å². The first-order valence-corrected chi connectivity index (χ1v) is 5.63. The number of rotatable bonds is 1. The summed E-state index contributed by atoms with van der Waals surface area (Å²) < 4.78 is 0.187. The fourth-order valence-electron chi connectivity index (χ4n) is 1.53. The smallest absolute Gasteiger partial charge is 0.0720 e. The number of aryl methyl sites for hydroxylation is 1. The van der Waals surface area contributed by atoms with Gasteiger partial charge in [-0.05, 0) is 24.5 Å². The molecule has 64 valence electrons. The largest absolute Gasteiger partial charge is 0.0881 e. The third kappa shape index (κ3) is 1.47. The fraction of sp³-hybridized carbons (Fsp3) is 0.400. The first kappa shape index (κ1) is 8.76. The van der Waals surface area contributed by atoms with Crippen LogP contribution in [-0.2, 0) is 0 Å². The van der Waals surface area contributed by atoms with Gasteiger partial charge in [0.25, 0.3) is 0 Å². The number of alkyl halides is 2. The highest BCUT2D eigenvalue weighted by Crippen LogP contribution is 2.62. The molecule has 2 rings (SSSR count). The first-order valence-electron chi connectivity index (χ1n) is 4.04. The Balaban J connectivity index is 2.31. The van der Waals surface area contributed by atoms with Crippen molar-refractivity contribution >= 4 is 31.9 Å². The molecule has 1 aromatic carbocycles. The summed E-state index contributed by atoms with van der Waals surface area (Å²) in [4.78, 5) is 0. The summed E-state index contributed by atoms with van der Waals surface area (Å²) in [5.74, 6) is 0.652. The highest BCUT2D eigenvalue weighted by Gasteiger charge is 2.51. The second kappa shape index (κ2) is 2.85. The lowest BCUT2D eigenvalue weighted by molar-refractivity contribution is 1.10. The molecule has 12 heavy (non-hydrogen) atoms. The van der Waals surface area contributed by atoms with Gasteiger partial charge >= 0.3 is 0 Å². The van der Waals surface area contributed by atoms with Gasteiger partial charge < -0.3 is 0 Å². The van der Waals surface area contributed by atoms with E-state index in [1.807, 2.05) is 0 Å². The average Bonchev–Trinajstić information content (AvgIpc) is 2.61. The Kier molecular flexibility index (Phi) is 2.08. The molecule has 1 saturated carbocycles. The van der Waals surface area contributed by atoms with Crippen molar-refractivity contribution < 1.29 is 0 Å². The van der Waals surface area contributed by atoms with E-state index in [0.29, 0.717) is 5.92 Å². The second-order valence-corrected chi connectivity index (χ2v) is 7.27. The standard InChI is InChI=1S/C10H10Br2/c1-7-4-2-3-5-8(7)9-6-10(9,11)12/h2-5,9H,6H2,1H3/t9-/m1/s1. The zero-order valence-corrected chi connectivity index (χ0v) is 10.0. The fourth-order valence-corrected chi connectivity index (χ4v) is 2.67. The van der Waals surface area contributed by atoms with Crippen molar-refractivity contribution in [1.29, 1.82) is 0 Å². The van der Waals surface area contributed by atoms with Crippen LogP contribution < -0.4 is 0 Å². The zero-order chi connectivity index (χ0) is 8.77. The minimum Gasteiger partial charge on any atom is -0.0720 e. The van der Waals surface area contributed by atoms with E-state index in [-0.39, 0.29) is 3.23 Å². The molecular formula is C10H10Br2. The maximum atomic E-state index is 3.64. The Bertz CT molecular complexity index is 304. The molecule has 0 spiro atoms. The van der Waals surface area contributed by atoms with Gasteiger partial charge in [0.15, 0.2) is 0 Å². The van der Waals surface area contributed by atoms with E-state index in [9.17, 15) is 0 Å². The van der Waals surface area contributed by atoms with Crippen molar-refractivity contribution in [3.63, 3.8) is 0 Å². The molecule has 0 unspecified atom stereocenters. The normalized spacial score (nSPS) is 25.4. The third-order valence-electron chi connectivity index (χ3n) is 2.39. The summed E-state index contributed by atoms with van der Waals surface area (Å²) in [7, 11) is 0. The van der Waals surface area contributed by atoms with E-state index in [4.69, 9.17) is 0 Å². The molecule has 0 radical (unpaired) electrons. The topological polar surface area (TPSA) is 0 Å². The molecule has 0 aliphatic heterocycles. The van der Waals surface area contributed by atoms with Crippen molar-refractivity contribution in [3.8, 4) is 0 Å². The Morgan fingerprint density at radius 3 is 2.42 bits per heavy atom. The molecule has 0 N–H and O–H groups in total. The SMILES string of the molecule is Cc1ccccc1[C@H]1CC1(Br)Br. The van der Waals surface area contributed by atoms with Crippen LogP contribution >= 0.6 is 31.9 Å². The maximum absolute atomic E-state index is 3.64. The van der Waals surface area contributed by atoms with Crippen LogP contribution in [-0.4, -0.2) is 3.23 Å². The summed E-state index contributed by atoms with van der Waals surface area (Å²) in [5, 5.41) is 0. The monoisotopic (exact) mass is 288 g/mol. The first-order chi connectivity index (χ1) is 5.61. The highest BCUT2D eigenvalue weighted by molar-refractivity contribution is 9.25. The summed E-state index contributed by atoms with van der Waals surface area (Å²) >= 11 is 7.28. The van der Waals surface area contributed by atoms with Gasteiger partial charge in [0.05, 0.1) is 3.23 Å². The van der Waals surface area contributed by atoms with Crippen LogP contribution in [0.4, 0.5) is 0 Å². The van der Waals surface area contributed by atoms with Crippen molar-refractivity contribution in [2.24, 2.45) is 0 Å². The Labute approximate surface area is 89.6 Å². The van der Waals surface area contributed by atoms with Crippen LogP contribution in [0.3, 0.4) is 0 Å². The lowest BCUT2D eigenvalue weighted by Gasteiger charge is -2.04. The van der Waals surface area contributed by atoms with Gasteiger partial charge in [0.2, 0.25) is 0 Å². The number of hydrogen-bond donors (Lipinski definition) is 0. The van der Waals surface area contributed by atoms with Crippen molar-refractivity contribution in [2.45, 2.75) is 22.5 Å². The van der Waals surface area contributed by atoms with Crippen LogP contribution in [0.2, 0.25) is 0 Å². The van der Waals surface area contributed by atoms with Gasteiger partial charge in [-0.15, -0.1) is 0 Å². The summed E-state index contributed by atoms with van der Waals surface area (Å²) in [6.07, 6.45) is 1.19. The lowest BCUT2D eigenvalue weighted by atomic mass is 10.1. The molecule has 0 heterocycles. The predicted octanol–water partition coefficient (Wildman–Crippen LogP) is 3.97. The molecule has 1 aliphatic carbocycles. The third-order valence-corrected chi connectivity index (χ3v) is 4.14. The lowest BCUT2D eigenvalue weighted by Crippen LogP contribution is -1.90. The van der Waals surface area contributed by atoms with Gasteiger partial charge in [-0.1, -0.05) is 56.1 Å². The minimum absolute atomic E-state index is 0.187. The van der Waals surface area contributed by atoms with Gasteiger partial charge in [0.1, 0.15) is 0 Å². The molecule has 0 saturated heterocycles. The molecule has 0 amide bonds. The van der Waals surface area contributed by atoms with E-state index in [1.54, 1.807) is 0 Å². The van der Waals surface area contributed by atoms with E-state index in [0.717, 1.165) is 0 Å². The van der Waals surface area contributed by atoms with Gasteiger partial charge in [-0.3, -0.25) is 0 Å². The summed E-state index contributed by atoms with van der Waals surface area (Å²) in [6.45, 7) is 2.17. The van der Waals surface area contributed by atoms with Crippen molar-refractivity contribution in [3.05, 3.63) is 35.4 Å². The van der Waals surface area contributed by atoms with E-state index in [2.05, 4.69) is 63.0 Å². The quantitative estimate of drug-likeness (QED) is 0.686. The number of benzene rings is 1. The second-order valence-electron chi connectivity index (χ2n) is 3.37. The highest BCUT2D eigenvalue weighted by atomic mass is 79.9. The molecular weight excluding hydrogens is 280 g/mol. The molecule has 1 fully saturated rings. The van der Waals surface area contributed by atoms with E-state index < -0.39 is 0 Å². The molecule has 1 aliphatic rings. The molecule has 2 heteroatoms. The molecule has 1 atom stereocenters. The molecule has 0 nitrogen and oxygen atoms in total. The van der Waals surface area contributed by atoms with E-state index in [1.165, 1.54) is 17.5 Å². The number of halogens is 2. The average molecular weight is 290 g/mol. The molecule has 0 bridgehead atoms. The molecule has 1 aromatic rings. The van der Waals surface area contributed by atoms with Crippen LogP contribution in [0, 0.1) is 6.92 Å². The van der Waals surface area contributed by atoms with Gasteiger partial charge in [-0.2, -0.15) is 0 Å². The van der Waals surface area contributed by atoms with Crippen LogP contribution in [0.1, 0.15) is 23.5 Å². The maximum Gasteiger partial charge on any atom is 0.0881 e. The van der Waals surface area contributed by atoms with Gasteiger partial charge in [0, 0.05) is 5.92 Å². The predicted molar refractivity (Wildman–Crippen MR) is 59.1 cm³/mol. The summed E-state index contributed by atoms with van der Waals surface area (Å²) in [6, 6.07) is 8.58. The molecule has 0 aromatic heterocycles. The number of hydrogen-bond acceptors (Lipinski definition) is 0. The summed E-state index contributed by atoms with van der Waals surface area (Å²) in [5.41, 5.74) is 2.86. The Morgan fingerprint density at radius 1 is 1.33 bits per heavy atom. The van der Waals surface area contributed by atoms with Crippen molar-refractivity contribution in [2.75, 3.05) is 0 Å². The van der Waals surface area contributed by atoms with Crippen LogP contribution in [0.25, 0.3) is 0 Å². The zero-order valence-electron chi connectivity index (χ0n) is 6.85.